The van der Waals surface area contributed by atoms with Crippen molar-refractivity contribution in [2.45, 2.75) is 33.6 Å². The summed E-state index contributed by atoms with van der Waals surface area (Å²) in [6, 6.07) is 5.63. The summed E-state index contributed by atoms with van der Waals surface area (Å²) in [6.45, 7) is 7.60. The average Bonchev–Trinajstić information content (AvgIpc) is 2.65. The van der Waals surface area contributed by atoms with E-state index in [9.17, 15) is 13.2 Å². The Morgan fingerprint density at radius 1 is 1.28 bits per heavy atom. The Morgan fingerprint density at radius 2 is 2.03 bits per heavy atom. The molecule has 3 rings (SSSR count). The van der Waals surface area contributed by atoms with Gasteiger partial charge >= 0.3 is 0 Å². The minimum absolute atomic E-state index is 0.0554. The molecule has 1 atom stereocenters. The Balaban J connectivity index is 1.84. The van der Waals surface area contributed by atoms with Gasteiger partial charge in [0.15, 0.2) is 0 Å². The Labute approximate surface area is 172 Å². The number of aromatic nitrogens is 2. The number of carbonyl (C=O) groups is 1. The normalized spacial score (nSPS) is 18.1. The summed E-state index contributed by atoms with van der Waals surface area (Å²) in [5.41, 5.74) is 1.03. The van der Waals surface area contributed by atoms with Crippen LogP contribution in [-0.4, -0.2) is 50.2 Å². The largest absolute Gasteiger partial charge is 0.356 e. The fourth-order valence-corrected chi connectivity index (χ4v) is 3.92. The second-order valence-electron chi connectivity index (χ2n) is 8.71. The minimum atomic E-state index is -3.20. The molecular weight excluding hydrogens is 390 g/mol. The molecule has 1 aliphatic heterocycles. The molecule has 0 bridgehead atoms. The third-order valence-corrected chi connectivity index (χ3v) is 5.70. The standard InChI is InChI=1S/C20H29N5O3S/c1-20(2,3)19(26)24-15-7-8-17-16(10-15)18(22-13-21-17)25-9-5-6-14(12-25)11-23-29(4,27)28/h7-8,10,13-14,23H,5-6,9,11-12H2,1-4H3,(H,24,26). The second kappa shape index (κ2) is 8.23. The third-order valence-electron chi connectivity index (χ3n) is 5.01. The molecule has 1 unspecified atom stereocenters. The Hall–Kier alpha value is -2.26. The molecule has 2 aromatic rings. The van der Waals surface area contributed by atoms with E-state index >= 15 is 0 Å². The summed E-state index contributed by atoms with van der Waals surface area (Å²) >= 11 is 0. The van der Waals surface area contributed by atoms with Crippen molar-refractivity contribution in [2.75, 3.05) is 36.1 Å². The molecule has 8 nitrogen and oxygen atoms in total. The van der Waals surface area contributed by atoms with Gasteiger partial charge in [-0.25, -0.2) is 23.1 Å². The van der Waals surface area contributed by atoms with E-state index in [1.54, 1.807) is 6.33 Å². The molecule has 29 heavy (non-hydrogen) atoms. The van der Waals surface area contributed by atoms with Gasteiger partial charge in [-0.05, 0) is 37.0 Å². The number of hydrogen-bond acceptors (Lipinski definition) is 6. The maximum absolute atomic E-state index is 12.3. The first-order chi connectivity index (χ1) is 13.5. The molecule has 0 saturated carbocycles. The van der Waals surface area contributed by atoms with Gasteiger partial charge in [-0.3, -0.25) is 4.79 Å². The number of hydrogen-bond donors (Lipinski definition) is 2. The number of piperidine rings is 1. The van der Waals surface area contributed by atoms with Gasteiger partial charge in [0.2, 0.25) is 15.9 Å². The zero-order valence-corrected chi connectivity index (χ0v) is 18.2. The number of sulfonamides is 1. The van der Waals surface area contributed by atoms with Crippen LogP contribution >= 0.6 is 0 Å². The predicted molar refractivity (Wildman–Crippen MR) is 115 cm³/mol. The van der Waals surface area contributed by atoms with Crippen LogP contribution in [0.5, 0.6) is 0 Å². The quantitative estimate of drug-likeness (QED) is 0.771. The van der Waals surface area contributed by atoms with Gasteiger partial charge in [0.05, 0.1) is 11.8 Å². The first-order valence-corrected chi connectivity index (χ1v) is 11.7. The smallest absolute Gasteiger partial charge is 0.229 e. The number of carbonyl (C=O) groups excluding carboxylic acids is 1. The molecule has 1 aliphatic rings. The van der Waals surface area contributed by atoms with Gasteiger partial charge in [-0.15, -0.1) is 0 Å². The molecule has 1 aromatic heterocycles. The highest BCUT2D eigenvalue weighted by Gasteiger charge is 2.24. The molecule has 9 heteroatoms. The van der Waals surface area contributed by atoms with Crippen LogP contribution in [0.25, 0.3) is 10.9 Å². The zero-order valence-electron chi connectivity index (χ0n) is 17.4. The minimum Gasteiger partial charge on any atom is -0.356 e. The predicted octanol–water partition coefficient (Wildman–Crippen LogP) is 2.38. The lowest BCUT2D eigenvalue weighted by Crippen LogP contribution is -2.41. The number of rotatable bonds is 5. The van der Waals surface area contributed by atoms with E-state index in [2.05, 4.69) is 24.9 Å². The lowest BCUT2D eigenvalue weighted by atomic mass is 9.95. The van der Waals surface area contributed by atoms with Crippen LogP contribution in [0, 0.1) is 11.3 Å². The molecule has 1 amide bonds. The van der Waals surface area contributed by atoms with Gasteiger partial charge in [0.25, 0.3) is 0 Å². The summed E-state index contributed by atoms with van der Waals surface area (Å²) in [6.07, 6.45) is 4.65. The van der Waals surface area contributed by atoms with Crippen LogP contribution in [0.1, 0.15) is 33.6 Å². The van der Waals surface area contributed by atoms with Crippen LogP contribution in [0.15, 0.2) is 24.5 Å². The Bertz CT molecular complexity index is 1000. The second-order valence-corrected chi connectivity index (χ2v) is 10.5. The van der Waals surface area contributed by atoms with Crippen molar-refractivity contribution in [3.05, 3.63) is 24.5 Å². The Kier molecular flexibility index (Phi) is 6.09. The molecule has 1 fully saturated rings. The lowest BCUT2D eigenvalue weighted by Gasteiger charge is -2.34. The van der Waals surface area contributed by atoms with Crippen molar-refractivity contribution >= 4 is 38.3 Å². The zero-order chi connectivity index (χ0) is 21.2. The SMILES string of the molecule is CC(C)(C)C(=O)Nc1ccc2ncnc(N3CCCC(CNS(C)(=O)=O)C3)c2c1. The van der Waals surface area contributed by atoms with Gasteiger partial charge in [0, 0.05) is 36.1 Å². The molecule has 0 aliphatic carbocycles. The van der Waals surface area contributed by atoms with Crippen molar-refractivity contribution in [1.29, 1.82) is 0 Å². The number of nitrogens with zero attached hydrogens (tertiary/aromatic N) is 3. The van der Waals surface area contributed by atoms with E-state index in [4.69, 9.17) is 0 Å². The monoisotopic (exact) mass is 419 g/mol. The van der Waals surface area contributed by atoms with Crippen molar-refractivity contribution in [3.63, 3.8) is 0 Å². The molecule has 0 spiro atoms. The maximum atomic E-state index is 12.3. The third kappa shape index (κ3) is 5.63. The highest BCUT2D eigenvalue weighted by Crippen LogP contribution is 2.30. The maximum Gasteiger partial charge on any atom is 0.229 e. The highest BCUT2D eigenvalue weighted by molar-refractivity contribution is 7.88. The van der Waals surface area contributed by atoms with Gasteiger partial charge in [-0.1, -0.05) is 20.8 Å². The fraction of sp³-hybridized carbons (Fsp3) is 0.550. The first-order valence-electron chi connectivity index (χ1n) is 9.79. The average molecular weight is 420 g/mol. The summed E-state index contributed by atoms with van der Waals surface area (Å²) in [7, 11) is -3.20. The molecule has 1 aromatic carbocycles. The van der Waals surface area contributed by atoms with Crippen LogP contribution in [-0.2, 0) is 14.8 Å². The van der Waals surface area contributed by atoms with E-state index in [0.717, 1.165) is 36.1 Å². The van der Waals surface area contributed by atoms with Gasteiger partial charge in [-0.2, -0.15) is 0 Å². The summed E-state index contributed by atoms with van der Waals surface area (Å²) in [5.74, 6) is 0.971. The molecular formula is C20H29N5O3S. The van der Waals surface area contributed by atoms with Crippen LogP contribution in [0.4, 0.5) is 11.5 Å². The topological polar surface area (TPSA) is 104 Å². The molecule has 1 saturated heterocycles. The van der Waals surface area contributed by atoms with Gasteiger partial charge in [0.1, 0.15) is 12.1 Å². The molecule has 158 valence electrons. The van der Waals surface area contributed by atoms with Crippen LogP contribution < -0.4 is 14.9 Å². The number of fused-ring (bicyclic) bond motifs is 1. The summed E-state index contributed by atoms with van der Waals surface area (Å²) < 4.78 is 25.4. The molecule has 2 heterocycles. The van der Waals surface area contributed by atoms with Gasteiger partial charge < -0.3 is 10.2 Å². The van der Waals surface area contributed by atoms with E-state index in [-0.39, 0.29) is 11.8 Å². The number of anilines is 2. The van der Waals surface area contributed by atoms with Crippen LogP contribution in [0.2, 0.25) is 0 Å². The number of benzene rings is 1. The number of nitrogens with one attached hydrogen (secondary N) is 2. The van der Waals surface area contributed by atoms with Crippen molar-refractivity contribution in [2.24, 2.45) is 11.3 Å². The van der Waals surface area contributed by atoms with E-state index < -0.39 is 15.4 Å². The van der Waals surface area contributed by atoms with E-state index in [0.29, 0.717) is 18.8 Å². The van der Waals surface area contributed by atoms with Crippen LogP contribution in [0.3, 0.4) is 0 Å². The summed E-state index contributed by atoms with van der Waals surface area (Å²) in [5, 5.41) is 3.83. The molecule has 2 N–H and O–H groups in total. The number of amides is 1. The van der Waals surface area contributed by atoms with Crippen molar-refractivity contribution < 1.29 is 13.2 Å². The first kappa shape index (κ1) is 21.4. The fourth-order valence-electron chi connectivity index (χ4n) is 3.38. The summed E-state index contributed by atoms with van der Waals surface area (Å²) in [4.78, 5) is 23.4. The van der Waals surface area contributed by atoms with E-state index in [1.165, 1.54) is 6.26 Å². The molecule has 0 radical (unpaired) electrons. The van der Waals surface area contributed by atoms with Crippen molar-refractivity contribution in [1.82, 2.24) is 14.7 Å². The Morgan fingerprint density at radius 3 is 2.72 bits per heavy atom. The van der Waals surface area contributed by atoms with Crippen molar-refractivity contribution in [3.8, 4) is 0 Å². The van der Waals surface area contributed by atoms with E-state index in [1.807, 2.05) is 39.0 Å². The highest BCUT2D eigenvalue weighted by atomic mass is 32.2. The lowest BCUT2D eigenvalue weighted by molar-refractivity contribution is -0.123.